The van der Waals surface area contributed by atoms with E-state index < -0.39 is 0 Å². The van der Waals surface area contributed by atoms with Crippen molar-refractivity contribution in [3.63, 3.8) is 0 Å². The molecule has 2 heteroatoms. The SMILES string of the molecule is CCCC[C@@H](NCCC)c1ccc(F)cc1. The van der Waals surface area contributed by atoms with Crippen LogP contribution in [0.1, 0.15) is 51.1 Å². The molecule has 1 N–H and O–H groups in total. The van der Waals surface area contributed by atoms with Crippen LogP contribution in [0.3, 0.4) is 0 Å². The molecule has 0 unspecified atom stereocenters. The Labute approximate surface area is 98.1 Å². The van der Waals surface area contributed by atoms with Gasteiger partial charge in [0.05, 0.1) is 0 Å². The second-order valence-electron chi connectivity index (χ2n) is 4.20. The molecular weight excluding hydrogens is 201 g/mol. The smallest absolute Gasteiger partial charge is 0.123 e. The van der Waals surface area contributed by atoms with Crippen molar-refractivity contribution >= 4 is 0 Å². The molecule has 1 aromatic rings. The number of nitrogens with one attached hydrogen (secondary N) is 1. The minimum atomic E-state index is -0.159. The second-order valence-corrected chi connectivity index (χ2v) is 4.20. The number of hydrogen-bond acceptors (Lipinski definition) is 1. The fourth-order valence-corrected chi connectivity index (χ4v) is 1.81. The largest absolute Gasteiger partial charge is 0.310 e. The quantitative estimate of drug-likeness (QED) is 0.735. The average molecular weight is 223 g/mol. The Morgan fingerprint density at radius 1 is 1.12 bits per heavy atom. The number of rotatable bonds is 7. The molecule has 0 spiro atoms. The predicted octanol–water partition coefficient (Wildman–Crippen LogP) is 4.06. The van der Waals surface area contributed by atoms with Gasteiger partial charge in [-0.2, -0.15) is 0 Å². The minimum absolute atomic E-state index is 0.159. The summed E-state index contributed by atoms with van der Waals surface area (Å²) in [7, 11) is 0. The molecule has 0 bridgehead atoms. The van der Waals surface area contributed by atoms with Crippen LogP contribution in [0.4, 0.5) is 4.39 Å². The van der Waals surface area contributed by atoms with Crippen molar-refractivity contribution in [2.24, 2.45) is 0 Å². The van der Waals surface area contributed by atoms with E-state index in [9.17, 15) is 4.39 Å². The van der Waals surface area contributed by atoms with Gasteiger partial charge in [0.1, 0.15) is 5.82 Å². The highest BCUT2D eigenvalue weighted by molar-refractivity contribution is 5.19. The van der Waals surface area contributed by atoms with Crippen molar-refractivity contribution in [2.45, 2.75) is 45.6 Å². The molecule has 1 atom stereocenters. The molecule has 0 saturated carbocycles. The summed E-state index contributed by atoms with van der Waals surface area (Å²) in [5, 5.41) is 3.52. The number of halogens is 1. The molecule has 1 nitrogen and oxygen atoms in total. The van der Waals surface area contributed by atoms with E-state index in [4.69, 9.17) is 0 Å². The van der Waals surface area contributed by atoms with Gasteiger partial charge < -0.3 is 5.32 Å². The number of benzene rings is 1. The second kappa shape index (κ2) is 7.39. The number of unbranched alkanes of at least 4 members (excludes halogenated alkanes) is 1. The lowest BCUT2D eigenvalue weighted by molar-refractivity contribution is 0.480. The van der Waals surface area contributed by atoms with E-state index in [1.807, 2.05) is 12.1 Å². The lowest BCUT2D eigenvalue weighted by atomic mass is 10.0. The van der Waals surface area contributed by atoms with E-state index in [1.165, 1.54) is 18.4 Å². The van der Waals surface area contributed by atoms with Crippen LogP contribution in [0.5, 0.6) is 0 Å². The maximum Gasteiger partial charge on any atom is 0.123 e. The van der Waals surface area contributed by atoms with Crippen molar-refractivity contribution in [1.82, 2.24) is 5.32 Å². The molecule has 0 amide bonds. The highest BCUT2D eigenvalue weighted by Gasteiger charge is 2.09. The van der Waals surface area contributed by atoms with E-state index in [0.717, 1.165) is 19.4 Å². The Kier molecular flexibility index (Phi) is 6.09. The molecule has 0 aliphatic heterocycles. The standard InChI is InChI=1S/C14H22FN/c1-3-5-6-14(16-11-4-2)12-7-9-13(15)10-8-12/h7-10,14,16H,3-6,11H2,1-2H3/t14-/m1/s1. The zero-order chi connectivity index (χ0) is 11.8. The van der Waals surface area contributed by atoms with Crippen LogP contribution in [0.15, 0.2) is 24.3 Å². The Balaban J connectivity index is 2.62. The van der Waals surface area contributed by atoms with Crippen molar-refractivity contribution in [3.05, 3.63) is 35.6 Å². The van der Waals surface area contributed by atoms with Crippen molar-refractivity contribution in [1.29, 1.82) is 0 Å². The first-order valence-electron chi connectivity index (χ1n) is 6.26. The molecule has 16 heavy (non-hydrogen) atoms. The molecule has 0 radical (unpaired) electrons. The normalized spacial score (nSPS) is 12.7. The lowest BCUT2D eigenvalue weighted by Gasteiger charge is -2.18. The third-order valence-corrected chi connectivity index (χ3v) is 2.76. The molecule has 0 fully saturated rings. The molecule has 0 aromatic heterocycles. The topological polar surface area (TPSA) is 12.0 Å². The van der Waals surface area contributed by atoms with Crippen molar-refractivity contribution in [3.8, 4) is 0 Å². The van der Waals surface area contributed by atoms with E-state index >= 15 is 0 Å². The molecule has 0 heterocycles. The third-order valence-electron chi connectivity index (χ3n) is 2.76. The van der Waals surface area contributed by atoms with Gasteiger partial charge in [-0.3, -0.25) is 0 Å². The van der Waals surface area contributed by atoms with Gasteiger partial charge >= 0.3 is 0 Å². The molecule has 0 aliphatic rings. The van der Waals surface area contributed by atoms with Crippen LogP contribution in [0.25, 0.3) is 0 Å². The first-order chi connectivity index (χ1) is 7.77. The van der Waals surface area contributed by atoms with Crippen LogP contribution < -0.4 is 5.32 Å². The fourth-order valence-electron chi connectivity index (χ4n) is 1.81. The van der Waals surface area contributed by atoms with Crippen molar-refractivity contribution < 1.29 is 4.39 Å². The summed E-state index contributed by atoms with van der Waals surface area (Å²) < 4.78 is 12.8. The minimum Gasteiger partial charge on any atom is -0.310 e. The average Bonchev–Trinajstić information content (AvgIpc) is 2.31. The van der Waals surface area contributed by atoms with Gasteiger partial charge in [-0.05, 0) is 37.1 Å². The Morgan fingerprint density at radius 2 is 1.81 bits per heavy atom. The predicted molar refractivity (Wildman–Crippen MR) is 67.0 cm³/mol. The molecule has 1 rings (SSSR count). The molecule has 1 aromatic carbocycles. The summed E-state index contributed by atoms with van der Waals surface area (Å²) in [6.45, 7) is 5.38. The van der Waals surface area contributed by atoms with E-state index in [-0.39, 0.29) is 5.82 Å². The molecular formula is C14H22FN. The van der Waals surface area contributed by atoms with Crippen LogP contribution in [-0.2, 0) is 0 Å². The van der Waals surface area contributed by atoms with Gasteiger partial charge in [-0.1, -0.05) is 38.8 Å². The zero-order valence-corrected chi connectivity index (χ0v) is 10.3. The van der Waals surface area contributed by atoms with Gasteiger partial charge in [0.25, 0.3) is 0 Å². The summed E-state index contributed by atoms with van der Waals surface area (Å²) in [5.41, 5.74) is 1.20. The summed E-state index contributed by atoms with van der Waals surface area (Å²) in [6, 6.07) is 7.24. The van der Waals surface area contributed by atoms with Gasteiger partial charge in [-0.15, -0.1) is 0 Å². The van der Waals surface area contributed by atoms with Gasteiger partial charge in [0.2, 0.25) is 0 Å². The van der Waals surface area contributed by atoms with E-state index in [2.05, 4.69) is 19.2 Å². The Morgan fingerprint density at radius 3 is 2.38 bits per heavy atom. The lowest BCUT2D eigenvalue weighted by Crippen LogP contribution is -2.22. The number of hydrogen-bond donors (Lipinski definition) is 1. The summed E-state index contributed by atoms with van der Waals surface area (Å²) in [5.74, 6) is -0.159. The van der Waals surface area contributed by atoms with E-state index in [0.29, 0.717) is 6.04 Å². The zero-order valence-electron chi connectivity index (χ0n) is 10.3. The van der Waals surface area contributed by atoms with Crippen LogP contribution in [0, 0.1) is 5.82 Å². The first-order valence-corrected chi connectivity index (χ1v) is 6.26. The monoisotopic (exact) mass is 223 g/mol. The van der Waals surface area contributed by atoms with Gasteiger partial charge in [0, 0.05) is 6.04 Å². The third kappa shape index (κ3) is 4.31. The molecule has 0 saturated heterocycles. The van der Waals surface area contributed by atoms with Crippen LogP contribution in [-0.4, -0.2) is 6.54 Å². The first kappa shape index (κ1) is 13.2. The highest BCUT2D eigenvalue weighted by Crippen LogP contribution is 2.19. The molecule has 90 valence electrons. The van der Waals surface area contributed by atoms with E-state index in [1.54, 1.807) is 12.1 Å². The fraction of sp³-hybridized carbons (Fsp3) is 0.571. The van der Waals surface area contributed by atoms with Crippen molar-refractivity contribution in [2.75, 3.05) is 6.54 Å². The van der Waals surface area contributed by atoms with Gasteiger partial charge in [0.15, 0.2) is 0 Å². The van der Waals surface area contributed by atoms with Crippen LogP contribution in [0.2, 0.25) is 0 Å². The molecule has 0 aliphatic carbocycles. The van der Waals surface area contributed by atoms with Crippen LogP contribution >= 0.6 is 0 Å². The maximum atomic E-state index is 12.8. The summed E-state index contributed by atoms with van der Waals surface area (Å²) in [4.78, 5) is 0. The Bertz CT molecular complexity index is 273. The maximum absolute atomic E-state index is 12.8. The highest BCUT2D eigenvalue weighted by atomic mass is 19.1. The Hall–Kier alpha value is -0.890. The summed E-state index contributed by atoms with van der Waals surface area (Å²) >= 11 is 0. The van der Waals surface area contributed by atoms with Gasteiger partial charge in [-0.25, -0.2) is 4.39 Å². The summed E-state index contributed by atoms with van der Waals surface area (Å²) in [6.07, 6.45) is 4.66.